The van der Waals surface area contributed by atoms with Crippen molar-refractivity contribution in [3.8, 4) is 11.8 Å². The van der Waals surface area contributed by atoms with Crippen LogP contribution in [0, 0.1) is 11.8 Å². The molecule has 3 saturated heterocycles. The monoisotopic (exact) mass is 427 g/mol. The number of benzene rings is 1. The smallest absolute Gasteiger partial charge is 0.242 e. The molecule has 0 bridgehead atoms. The Labute approximate surface area is 182 Å². The van der Waals surface area contributed by atoms with Crippen molar-refractivity contribution in [2.45, 2.75) is 18.0 Å². The lowest BCUT2D eigenvalue weighted by atomic mass is 9.73. The van der Waals surface area contributed by atoms with Gasteiger partial charge in [-0.25, -0.2) is 0 Å². The topological polar surface area (TPSA) is 82.6 Å². The molecule has 1 N–H and O–H groups in total. The van der Waals surface area contributed by atoms with E-state index in [1.807, 2.05) is 24.3 Å². The van der Waals surface area contributed by atoms with Gasteiger partial charge in [-0.15, -0.1) is 0 Å². The highest BCUT2D eigenvalue weighted by molar-refractivity contribution is 5.88. The number of methoxy groups -OCH3 is 1. The molecule has 1 aromatic rings. The van der Waals surface area contributed by atoms with E-state index in [0.717, 1.165) is 24.2 Å². The second-order valence-electron chi connectivity index (χ2n) is 8.16. The number of aliphatic hydroxyl groups is 1. The van der Waals surface area contributed by atoms with Gasteiger partial charge in [0.25, 0.3) is 0 Å². The number of carbonyl (C=O) groups excluding carboxylic acids is 2. The third-order valence-corrected chi connectivity index (χ3v) is 6.31. The van der Waals surface area contributed by atoms with Crippen LogP contribution in [0.3, 0.4) is 0 Å². The van der Waals surface area contributed by atoms with Crippen LogP contribution in [0.2, 0.25) is 0 Å². The Morgan fingerprint density at radius 2 is 2.00 bits per heavy atom. The lowest BCUT2D eigenvalue weighted by Gasteiger charge is -2.58. The quantitative estimate of drug-likeness (QED) is 0.639. The first-order chi connectivity index (χ1) is 15.1. The summed E-state index contributed by atoms with van der Waals surface area (Å²) in [5.41, 5.74) is 1.94. The second-order valence-corrected chi connectivity index (χ2v) is 8.16. The van der Waals surface area contributed by atoms with Crippen LogP contribution in [0.25, 0.3) is 0 Å². The van der Waals surface area contributed by atoms with Crippen LogP contribution in [-0.2, 0) is 19.1 Å². The molecule has 0 saturated carbocycles. The highest BCUT2D eigenvalue weighted by Gasteiger charge is 2.54. The van der Waals surface area contributed by atoms with Crippen molar-refractivity contribution in [2.24, 2.45) is 0 Å². The van der Waals surface area contributed by atoms with Gasteiger partial charge >= 0.3 is 0 Å². The van der Waals surface area contributed by atoms with E-state index in [1.165, 1.54) is 0 Å². The molecule has 3 aliphatic rings. The Bertz CT molecular complexity index is 856. The third-order valence-electron chi connectivity index (χ3n) is 6.31. The summed E-state index contributed by atoms with van der Waals surface area (Å²) >= 11 is 0. The lowest BCUT2D eigenvalue weighted by Crippen LogP contribution is -2.73. The van der Waals surface area contributed by atoms with Gasteiger partial charge in [-0.3, -0.25) is 14.5 Å². The number of rotatable bonds is 5. The number of amides is 2. The number of piperazine rings is 1. The molecule has 1 aromatic carbocycles. The van der Waals surface area contributed by atoms with Gasteiger partial charge in [0.15, 0.2) is 0 Å². The van der Waals surface area contributed by atoms with Crippen LogP contribution in [-0.4, -0.2) is 110 Å². The first kappa shape index (κ1) is 21.8. The molecule has 31 heavy (non-hydrogen) atoms. The Morgan fingerprint density at radius 3 is 2.68 bits per heavy atom. The highest BCUT2D eigenvalue weighted by Crippen LogP contribution is 2.42. The third kappa shape index (κ3) is 4.60. The fourth-order valence-electron chi connectivity index (χ4n) is 4.74. The molecule has 8 nitrogen and oxygen atoms in total. The van der Waals surface area contributed by atoms with Gasteiger partial charge in [-0.2, -0.15) is 0 Å². The Morgan fingerprint density at radius 1 is 1.26 bits per heavy atom. The summed E-state index contributed by atoms with van der Waals surface area (Å²) in [5, 5.41) is 9.93. The maximum Gasteiger partial charge on any atom is 0.242 e. The van der Waals surface area contributed by atoms with Gasteiger partial charge in [-0.05, 0) is 17.7 Å². The number of hydrogen-bond acceptors (Lipinski definition) is 6. The molecule has 0 radical (unpaired) electrons. The molecular formula is C23H29N3O5. The van der Waals surface area contributed by atoms with E-state index >= 15 is 0 Å². The maximum atomic E-state index is 12.9. The van der Waals surface area contributed by atoms with Gasteiger partial charge in [0, 0.05) is 38.2 Å². The number of hydrogen-bond donors (Lipinski definition) is 1. The molecule has 0 aliphatic carbocycles. The first-order valence-electron chi connectivity index (χ1n) is 10.7. The highest BCUT2D eigenvalue weighted by atomic mass is 16.5. The zero-order chi connectivity index (χ0) is 21.8. The van der Waals surface area contributed by atoms with Crippen molar-refractivity contribution in [1.82, 2.24) is 14.7 Å². The molecule has 3 atom stereocenters. The predicted octanol–water partition coefficient (Wildman–Crippen LogP) is -0.486. The Hall–Kier alpha value is -2.44. The van der Waals surface area contributed by atoms with Crippen molar-refractivity contribution in [2.75, 3.05) is 66.3 Å². The van der Waals surface area contributed by atoms with Crippen molar-refractivity contribution < 1.29 is 24.2 Å². The minimum atomic E-state index is -0.251. The summed E-state index contributed by atoms with van der Waals surface area (Å²) in [6.07, 6.45) is 0. The van der Waals surface area contributed by atoms with E-state index in [0.29, 0.717) is 32.9 Å². The SMILES string of the molecule is COCC#Cc1ccc([C@H]2[C@@H](CO)N3C(=O)CN(C(=O)CN4CCOCC4)C[C@H]23)cc1. The van der Waals surface area contributed by atoms with Gasteiger partial charge in [0.2, 0.25) is 11.8 Å². The summed E-state index contributed by atoms with van der Waals surface area (Å²) in [5.74, 6) is 5.85. The molecule has 0 aromatic heterocycles. The minimum Gasteiger partial charge on any atom is -0.394 e. The largest absolute Gasteiger partial charge is 0.394 e. The van der Waals surface area contributed by atoms with Gasteiger partial charge in [0.05, 0.1) is 45.0 Å². The van der Waals surface area contributed by atoms with Crippen molar-refractivity contribution in [3.63, 3.8) is 0 Å². The summed E-state index contributed by atoms with van der Waals surface area (Å²) in [6.45, 7) is 3.91. The van der Waals surface area contributed by atoms with E-state index in [4.69, 9.17) is 9.47 Å². The number of morpholine rings is 1. The first-order valence-corrected chi connectivity index (χ1v) is 10.7. The zero-order valence-electron chi connectivity index (χ0n) is 17.8. The van der Waals surface area contributed by atoms with Crippen molar-refractivity contribution >= 4 is 11.8 Å². The molecule has 0 unspecified atom stereocenters. The summed E-state index contributed by atoms with van der Waals surface area (Å²) < 4.78 is 10.3. The van der Waals surface area contributed by atoms with Crippen molar-refractivity contribution in [1.29, 1.82) is 0 Å². The molecule has 0 spiro atoms. The van der Waals surface area contributed by atoms with Crippen LogP contribution in [0.15, 0.2) is 24.3 Å². The van der Waals surface area contributed by atoms with E-state index in [2.05, 4.69) is 16.7 Å². The molecule has 8 heteroatoms. The molecule has 3 aliphatic heterocycles. The molecule has 3 fully saturated rings. The normalized spacial score (nSPS) is 26.0. The number of ether oxygens (including phenoxy) is 2. The standard InChI is InChI=1S/C23H29N3O5/c1-30-10-2-3-17-4-6-18(7-5-17)23-19-13-25(15-22(29)26(19)20(23)16-27)21(28)14-24-8-11-31-12-9-24/h4-7,19-20,23,27H,8-16H2,1H3/t19-,20-,23-/m1/s1. The summed E-state index contributed by atoms with van der Waals surface area (Å²) in [4.78, 5) is 31.1. The van der Waals surface area contributed by atoms with Crippen LogP contribution in [0.5, 0.6) is 0 Å². The minimum absolute atomic E-state index is 0.00563. The molecule has 4 rings (SSSR count). The summed E-state index contributed by atoms with van der Waals surface area (Å²) in [6, 6.07) is 7.53. The van der Waals surface area contributed by atoms with E-state index in [-0.39, 0.29) is 43.0 Å². The van der Waals surface area contributed by atoms with Crippen LogP contribution in [0.1, 0.15) is 17.0 Å². The Balaban J connectivity index is 1.45. The average Bonchev–Trinajstić information content (AvgIpc) is 2.77. The van der Waals surface area contributed by atoms with E-state index in [1.54, 1.807) is 16.9 Å². The average molecular weight is 428 g/mol. The molecular weight excluding hydrogens is 398 g/mol. The Kier molecular flexibility index (Phi) is 6.88. The van der Waals surface area contributed by atoms with Gasteiger partial charge in [0.1, 0.15) is 6.61 Å². The van der Waals surface area contributed by atoms with Gasteiger partial charge in [-0.1, -0.05) is 24.0 Å². The number of nitrogens with zero attached hydrogens (tertiary/aromatic N) is 3. The van der Waals surface area contributed by atoms with Crippen molar-refractivity contribution in [3.05, 3.63) is 35.4 Å². The summed E-state index contributed by atoms with van der Waals surface area (Å²) in [7, 11) is 1.61. The number of carbonyl (C=O) groups is 2. The number of aliphatic hydroxyl groups excluding tert-OH is 1. The maximum absolute atomic E-state index is 12.9. The van der Waals surface area contributed by atoms with E-state index in [9.17, 15) is 14.7 Å². The fourth-order valence-corrected chi connectivity index (χ4v) is 4.74. The number of fused-ring (bicyclic) bond motifs is 1. The predicted molar refractivity (Wildman–Crippen MR) is 113 cm³/mol. The molecule has 2 amide bonds. The van der Waals surface area contributed by atoms with Crippen LogP contribution >= 0.6 is 0 Å². The van der Waals surface area contributed by atoms with Gasteiger partial charge < -0.3 is 24.4 Å². The molecule has 3 heterocycles. The van der Waals surface area contributed by atoms with Crippen LogP contribution < -0.4 is 0 Å². The molecule has 166 valence electrons. The van der Waals surface area contributed by atoms with E-state index < -0.39 is 0 Å². The lowest BCUT2D eigenvalue weighted by molar-refractivity contribution is -0.167. The zero-order valence-corrected chi connectivity index (χ0v) is 17.8. The fraction of sp³-hybridized carbons (Fsp3) is 0.565. The van der Waals surface area contributed by atoms with Crippen LogP contribution in [0.4, 0.5) is 0 Å². The second kappa shape index (κ2) is 9.79.